The van der Waals surface area contributed by atoms with Gasteiger partial charge in [0.05, 0.1) is 12.9 Å². The topological polar surface area (TPSA) is 106 Å². The van der Waals surface area contributed by atoms with Crippen LogP contribution in [-0.2, 0) is 20.1 Å². The maximum atomic E-state index is 11.4. The van der Waals surface area contributed by atoms with E-state index in [0.29, 0.717) is 29.2 Å². The van der Waals surface area contributed by atoms with Gasteiger partial charge in [-0.15, -0.1) is 0 Å². The predicted octanol–water partition coefficient (Wildman–Crippen LogP) is 0.807. The summed E-state index contributed by atoms with van der Waals surface area (Å²) < 4.78 is 9.99. The van der Waals surface area contributed by atoms with Gasteiger partial charge in [0.15, 0.2) is 0 Å². The molecule has 0 saturated carbocycles. The quantitative estimate of drug-likeness (QED) is 0.540. The molecule has 1 heterocycles. The largest absolute Gasteiger partial charge is 0.480 e. The van der Waals surface area contributed by atoms with Gasteiger partial charge < -0.3 is 19.6 Å². The summed E-state index contributed by atoms with van der Waals surface area (Å²) in [6, 6.07) is 0.616. The summed E-state index contributed by atoms with van der Waals surface area (Å²) in [6.07, 6.45) is 0.353. The summed E-state index contributed by atoms with van der Waals surface area (Å²) in [4.78, 5) is 32.4. The lowest BCUT2D eigenvalue weighted by Crippen LogP contribution is -2.37. The van der Waals surface area contributed by atoms with E-state index in [9.17, 15) is 14.4 Å². The van der Waals surface area contributed by atoms with Gasteiger partial charge in [0.1, 0.15) is 23.1 Å². The number of nitrogens with one attached hydrogen (secondary N) is 1. The number of methoxy groups -OCH3 is 1. The van der Waals surface area contributed by atoms with E-state index in [1.807, 2.05) is 0 Å². The first-order valence-electron chi connectivity index (χ1n) is 5.67. The number of esters is 1. The third-order valence-corrected chi connectivity index (χ3v) is 3.53. The molecule has 7 nitrogen and oxygen atoms in total. The Balaban J connectivity index is 2.56. The number of ether oxygens (including phenoxy) is 1. The van der Waals surface area contributed by atoms with Crippen molar-refractivity contribution in [2.75, 3.05) is 12.9 Å². The standard InChI is InChI=1S/C12H15NO6S/c1-7-9(12(17)18-2)3-8(19-7)4-20-5-10(11(15)16)13-6-14/h3,6,10H,4-5H2,1-2H3,(H,13,14)(H,15,16). The highest BCUT2D eigenvalue weighted by Gasteiger charge is 2.18. The highest BCUT2D eigenvalue weighted by molar-refractivity contribution is 7.98. The van der Waals surface area contributed by atoms with Gasteiger partial charge >= 0.3 is 11.9 Å². The molecule has 1 unspecified atom stereocenters. The predicted molar refractivity (Wildman–Crippen MR) is 71.6 cm³/mol. The average molecular weight is 301 g/mol. The lowest BCUT2D eigenvalue weighted by atomic mass is 10.2. The first kappa shape index (κ1) is 16.1. The smallest absolute Gasteiger partial charge is 0.341 e. The second kappa shape index (κ2) is 7.59. The van der Waals surface area contributed by atoms with Crippen LogP contribution in [0.15, 0.2) is 10.5 Å². The number of carbonyl (C=O) groups excluding carboxylic acids is 2. The zero-order valence-electron chi connectivity index (χ0n) is 11.0. The molecule has 1 atom stereocenters. The second-order valence-electron chi connectivity index (χ2n) is 3.86. The van der Waals surface area contributed by atoms with E-state index in [0.717, 1.165) is 0 Å². The van der Waals surface area contributed by atoms with E-state index >= 15 is 0 Å². The first-order chi connectivity index (χ1) is 9.49. The minimum atomic E-state index is -1.10. The number of aliphatic carboxylic acids is 1. The molecule has 20 heavy (non-hydrogen) atoms. The molecule has 110 valence electrons. The number of carboxylic acid groups (broad SMARTS) is 1. The molecule has 1 aromatic heterocycles. The van der Waals surface area contributed by atoms with Gasteiger partial charge in [-0.25, -0.2) is 9.59 Å². The van der Waals surface area contributed by atoms with Gasteiger partial charge in [0, 0.05) is 5.75 Å². The summed E-state index contributed by atoms with van der Waals surface area (Å²) in [5, 5.41) is 11.0. The Labute approximate surface area is 119 Å². The molecule has 0 aliphatic rings. The molecular formula is C12H15NO6S. The fraction of sp³-hybridized carbons (Fsp3) is 0.417. The number of aryl methyl sites for hydroxylation is 1. The average Bonchev–Trinajstić information content (AvgIpc) is 2.78. The Morgan fingerprint density at radius 2 is 2.30 bits per heavy atom. The van der Waals surface area contributed by atoms with Crippen LogP contribution in [0.25, 0.3) is 0 Å². The highest BCUT2D eigenvalue weighted by Crippen LogP contribution is 2.20. The van der Waals surface area contributed by atoms with Crippen molar-refractivity contribution in [2.45, 2.75) is 18.7 Å². The molecule has 1 rings (SSSR count). The number of hydrogen-bond donors (Lipinski definition) is 2. The van der Waals surface area contributed by atoms with Crippen molar-refractivity contribution in [1.29, 1.82) is 0 Å². The minimum Gasteiger partial charge on any atom is -0.480 e. The number of carboxylic acids is 1. The Kier molecular flexibility index (Phi) is 6.10. The zero-order valence-corrected chi connectivity index (χ0v) is 11.9. The second-order valence-corrected chi connectivity index (χ2v) is 4.89. The zero-order chi connectivity index (χ0) is 15.1. The lowest BCUT2D eigenvalue weighted by molar-refractivity contribution is -0.139. The van der Waals surface area contributed by atoms with Crippen molar-refractivity contribution in [3.8, 4) is 0 Å². The number of rotatable bonds is 8. The summed E-state index contributed by atoms with van der Waals surface area (Å²) in [5.41, 5.74) is 0.351. The van der Waals surface area contributed by atoms with Crippen LogP contribution in [0.2, 0.25) is 0 Å². The van der Waals surface area contributed by atoms with Gasteiger partial charge in [-0.3, -0.25) is 4.79 Å². The fourth-order valence-electron chi connectivity index (χ4n) is 1.48. The molecule has 0 radical (unpaired) electrons. The van der Waals surface area contributed by atoms with Crippen LogP contribution >= 0.6 is 11.8 Å². The Morgan fingerprint density at radius 1 is 1.60 bits per heavy atom. The van der Waals surface area contributed by atoms with Crippen LogP contribution in [-0.4, -0.2) is 42.4 Å². The Morgan fingerprint density at radius 3 is 2.85 bits per heavy atom. The summed E-state index contributed by atoms with van der Waals surface area (Å²) >= 11 is 1.28. The van der Waals surface area contributed by atoms with E-state index in [4.69, 9.17) is 9.52 Å². The van der Waals surface area contributed by atoms with Crippen LogP contribution in [0.4, 0.5) is 0 Å². The van der Waals surface area contributed by atoms with Crippen LogP contribution in [0.3, 0.4) is 0 Å². The van der Waals surface area contributed by atoms with Crippen LogP contribution in [0, 0.1) is 6.92 Å². The summed E-state index contributed by atoms with van der Waals surface area (Å²) in [6.45, 7) is 1.65. The molecular weight excluding hydrogens is 286 g/mol. The van der Waals surface area contributed by atoms with Crippen LogP contribution < -0.4 is 5.32 Å². The maximum Gasteiger partial charge on any atom is 0.341 e. The maximum absolute atomic E-state index is 11.4. The molecule has 0 fully saturated rings. The van der Waals surface area contributed by atoms with Gasteiger partial charge in [0.25, 0.3) is 0 Å². The van der Waals surface area contributed by atoms with E-state index in [-0.39, 0.29) is 5.75 Å². The normalized spacial score (nSPS) is 11.7. The Bertz CT molecular complexity index is 498. The number of amides is 1. The van der Waals surface area contributed by atoms with E-state index in [1.165, 1.54) is 18.9 Å². The van der Waals surface area contributed by atoms with Gasteiger partial charge in [0.2, 0.25) is 6.41 Å². The minimum absolute atomic E-state index is 0.196. The monoisotopic (exact) mass is 301 g/mol. The van der Waals surface area contributed by atoms with Crippen molar-refractivity contribution in [3.05, 3.63) is 23.2 Å². The molecule has 0 saturated heterocycles. The van der Waals surface area contributed by atoms with Crippen LogP contribution in [0.1, 0.15) is 21.9 Å². The van der Waals surface area contributed by atoms with Crippen LogP contribution in [0.5, 0.6) is 0 Å². The SMILES string of the molecule is COC(=O)c1cc(CSCC(NC=O)C(=O)O)oc1C. The summed E-state index contributed by atoms with van der Waals surface area (Å²) in [5.74, 6) is 0.00387. The molecule has 0 aliphatic carbocycles. The molecule has 0 aliphatic heterocycles. The van der Waals surface area contributed by atoms with Crippen molar-refractivity contribution in [2.24, 2.45) is 0 Å². The van der Waals surface area contributed by atoms with E-state index in [2.05, 4.69) is 10.1 Å². The summed E-state index contributed by atoms with van der Waals surface area (Å²) in [7, 11) is 1.28. The third-order valence-electron chi connectivity index (χ3n) is 2.47. The van der Waals surface area contributed by atoms with Gasteiger partial charge in [-0.05, 0) is 13.0 Å². The third kappa shape index (κ3) is 4.30. The number of thioether (sulfide) groups is 1. The van der Waals surface area contributed by atoms with Gasteiger partial charge in [-0.2, -0.15) is 11.8 Å². The molecule has 1 aromatic rings. The fourth-order valence-corrected chi connectivity index (χ4v) is 2.41. The number of hydrogen-bond acceptors (Lipinski definition) is 6. The lowest BCUT2D eigenvalue weighted by Gasteiger charge is -2.09. The van der Waals surface area contributed by atoms with Crippen molar-refractivity contribution in [3.63, 3.8) is 0 Å². The van der Waals surface area contributed by atoms with E-state index in [1.54, 1.807) is 13.0 Å². The molecule has 8 heteroatoms. The number of carbonyl (C=O) groups is 3. The first-order valence-corrected chi connectivity index (χ1v) is 6.83. The molecule has 1 amide bonds. The molecule has 0 aromatic carbocycles. The highest BCUT2D eigenvalue weighted by atomic mass is 32.2. The molecule has 2 N–H and O–H groups in total. The Hall–Kier alpha value is -1.96. The van der Waals surface area contributed by atoms with Crippen molar-refractivity contribution < 1.29 is 28.6 Å². The van der Waals surface area contributed by atoms with Crippen molar-refractivity contribution in [1.82, 2.24) is 5.32 Å². The number of furan rings is 1. The molecule has 0 spiro atoms. The van der Waals surface area contributed by atoms with E-state index < -0.39 is 18.0 Å². The van der Waals surface area contributed by atoms with Crippen molar-refractivity contribution >= 4 is 30.1 Å². The molecule has 0 bridgehead atoms. The van der Waals surface area contributed by atoms with Gasteiger partial charge in [-0.1, -0.05) is 0 Å².